The van der Waals surface area contributed by atoms with Gasteiger partial charge in [-0.05, 0) is 37.0 Å². The van der Waals surface area contributed by atoms with E-state index in [1.54, 1.807) is 18.2 Å². The Morgan fingerprint density at radius 1 is 1.42 bits per heavy atom. The predicted octanol–water partition coefficient (Wildman–Crippen LogP) is 1.72. The summed E-state index contributed by atoms with van der Waals surface area (Å²) in [4.78, 5) is 0.232. The third-order valence-electron chi connectivity index (χ3n) is 3.50. The van der Waals surface area contributed by atoms with E-state index >= 15 is 0 Å². The van der Waals surface area contributed by atoms with Crippen molar-refractivity contribution in [2.24, 2.45) is 5.92 Å². The molecule has 1 aromatic rings. The molecule has 0 unspecified atom stereocenters. The summed E-state index contributed by atoms with van der Waals surface area (Å²) in [5, 5.41) is 12.0. The van der Waals surface area contributed by atoms with Crippen LogP contribution in [0.15, 0.2) is 29.2 Å². The smallest absolute Gasteiger partial charge is 0.179 e. The molecular formula is C14H18N2O2S. The van der Waals surface area contributed by atoms with Crippen molar-refractivity contribution in [3.05, 3.63) is 29.8 Å². The van der Waals surface area contributed by atoms with Crippen LogP contribution < -0.4 is 5.32 Å². The van der Waals surface area contributed by atoms with E-state index in [0.717, 1.165) is 18.8 Å². The van der Waals surface area contributed by atoms with Crippen LogP contribution in [0.3, 0.4) is 0 Å². The molecule has 0 amide bonds. The molecule has 4 nitrogen and oxygen atoms in total. The van der Waals surface area contributed by atoms with Crippen molar-refractivity contribution in [2.45, 2.75) is 30.7 Å². The van der Waals surface area contributed by atoms with Crippen molar-refractivity contribution in [1.82, 2.24) is 5.32 Å². The first kappa shape index (κ1) is 14.0. The molecule has 1 aliphatic rings. The number of nitrogens with one attached hydrogen (secondary N) is 1. The minimum Gasteiger partial charge on any atom is -0.313 e. The van der Waals surface area contributed by atoms with Crippen molar-refractivity contribution in [3.8, 4) is 6.07 Å². The quantitative estimate of drug-likeness (QED) is 0.890. The summed E-state index contributed by atoms with van der Waals surface area (Å²) in [5.41, 5.74) is 0.377. The zero-order chi connectivity index (χ0) is 13.9. The molecule has 1 aromatic carbocycles. The lowest BCUT2D eigenvalue weighted by Gasteiger charge is -2.33. The highest BCUT2D eigenvalue weighted by Crippen LogP contribution is 2.26. The molecule has 2 rings (SSSR count). The number of nitriles is 1. The topological polar surface area (TPSA) is 70.0 Å². The summed E-state index contributed by atoms with van der Waals surface area (Å²) in [6.45, 7) is 2.67. The highest BCUT2D eigenvalue weighted by atomic mass is 32.2. The third kappa shape index (κ3) is 3.55. The molecule has 0 aliphatic heterocycles. The standard InChI is InChI=1S/C14H18N2O2S/c1-11-7-13(8-11)16-5-6-19(17,18)14-4-2-3-12(9-14)10-15/h2-4,9,11,13,16H,5-8H2,1H3. The Morgan fingerprint density at radius 2 is 2.16 bits per heavy atom. The zero-order valence-electron chi connectivity index (χ0n) is 11.0. The molecular weight excluding hydrogens is 260 g/mol. The zero-order valence-corrected chi connectivity index (χ0v) is 11.8. The molecule has 0 heterocycles. The summed E-state index contributed by atoms with van der Waals surface area (Å²) >= 11 is 0. The summed E-state index contributed by atoms with van der Waals surface area (Å²) in [7, 11) is -3.30. The van der Waals surface area contributed by atoms with Crippen LogP contribution in [0.4, 0.5) is 0 Å². The Bertz CT molecular complexity index is 584. The largest absolute Gasteiger partial charge is 0.313 e. The molecule has 0 radical (unpaired) electrons. The maximum Gasteiger partial charge on any atom is 0.179 e. The van der Waals surface area contributed by atoms with Gasteiger partial charge in [-0.15, -0.1) is 0 Å². The summed E-state index contributed by atoms with van der Waals surface area (Å²) in [5.74, 6) is 0.827. The maximum absolute atomic E-state index is 12.1. The van der Waals surface area contributed by atoms with Crippen LogP contribution in [0.25, 0.3) is 0 Å². The summed E-state index contributed by atoms with van der Waals surface area (Å²) in [6, 6.07) is 8.61. The highest BCUT2D eigenvalue weighted by Gasteiger charge is 2.25. The monoisotopic (exact) mass is 278 g/mol. The average molecular weight is 278 g/mol. The lowest BCUT2D eigenvalue weighted by atomic mass is 9.82. The van der Waals surface area contributed by atoms with Gasteiger partial charge in [0, 0.05) is 12.6 Å². The molecule has 1 N–H and O–H groups in total. The molecule has 0 atom stereocenters. The predicted molar refractivity (Wildman–Crippen MR) is 73.4 cm³/mol. The van der Waals surface area contributed by atoms with E-state index < -0.39 is 9.84 Å². The first-order chi connectivity index (χ1) is 9.01. The fourth-order valence-corrected chi connectivity index (χ4v) is 3.56. The number of hydrogen-bond donors (Lipinski definition) is 1. The average Bonchev–Trinajstić information content (AvgIpc) is 2.36. The molecule has 102 valence electrons. The number of benzene rings is 1. The Kier molecular flexibility index (Phi) is 4.23. The Labute approximate surface area is 114 Å². The van der Waals surface area contributed by atoms with E-state index in [4.69, 9.17) is 5.26 Å². The second-order valence-corrected chi connectivity index (χ2v) is 7.30. The lowest BCUT2D eigenvalue weighted by molar-refractivity contribution is 0.245. The number of nitrogens with zero attached hydrogens (tertiary/aromatic N) is 1. The van der Waals surface area contributed by atoms with Gasteiger partial charge in [0.25, 0.3) is 0 Å². The van der Waals surface area contributed by atoms with Gasteiger partial charge in [0.2, 0.25) is 0 Å². The first-order valence-corrected chi connectivity index (χ1v) is 8.13. The minimum absolute atomic E-state index is 0.0762. The molecule has 1 saturated carbocycles. The van der Waals surface area contributed by atoms with E-state index in [2.05, 4.69) is 12.2 Å². The van der Waals surface area contributed by atoms with Gasteiger partial charge < -0.3 is 5.32 Å². The van der Waals surface area contributed by atoms with Crippen LogP contribution in [0.1, 0.15) is 25.3 Å². The second-order valence-electron chi connectivity index (χ2n) is 5.19. The van der Waals surface area contributed by atoms with Gasteiger partial charge >= 0.3 is 0 Å². The maximum atomic E-state index is 12.1. The Morgan fingerprint density at radius 3 is 2.79 bits per heavy atom. The van der Waals surface area contributed by atoms with Crippen molar-refractivity contribution in [1.29, 1.82) is 5.26 Å². The fraction of sp³-hybridized carbons (Fsp3) is 0.500. The van der Waals surface area contributed by atoms with E-state index in [9.17, 15) is 8.42 Å². The van der Waals surface area contributed by atoms with Gasteiger partial charge in [0.15, 0.2) is 9.84 Å². The minimum atomic E-state index is -3.30. The van der Waals surface area contributed by atoms with E-state index in [-0.39, 0.29) is 10.6 Å². The molecule has 0 spiro atoms. The van der Waals surface area contributed by atoms with Gasteiger partial charge in [-0.2, -0.15) is 5.26 Å². The third-order valence-corrected chi connectivity index (χ3v) is 5.21. The summed E-state index contributed by atoms with van der Waals surface area (Å²) < 4.78 is 24.2. The van der Waals surface area contributed by atoms with Crippen molar-refractivity contribution < 1.29 is 8.42 Å². The second kappa shape index (κ2) is 5.72. The lowest BCUT2D eigenvalue weighted by Crippen LogP contribution is -2.42. The van der Waals surface area contributed by atoms with Gasteiger partial charge in [0.05, 0.1) is 22.3 Å². The molecule has 0 aromatic heterocycles. The highest BCUT2D eigenvalue weighted by molar-refractivity contribution is 7.91. The van der Waals surface area contributed by atoms with Gasteiger partial charge in [-0.3, -0.25) is 0 Å². The SMILES string of the molecule is CC1CC(NCCS(=O)(=O)c2cccc(C#N)c2)C1. The van der Waals surface area contributed by atoms with E-state index in [1.807, 2.05) is 6.07 Å². The van der Waals surface area contributed by atoms with Crippen molar-refractivity contribution in [2.75, 3.05) is 12.3 Å². The van der Waals surface area contributed by atoms with Crippen molar-refractivity contribution >= 4 is 9.84 Å². The van der Waals surface area contributed by atoms with Gasteiger partial charge in [-0.25, -0.2) is 8.42 Å². The number of hydrogen-bond acceptors (Lipinski definition) is 4. The van der Waals surface area contributed by atoms with Crippen LogP contribution in [0.5, 0.6) is 0 Å². The van der Waals surface area contributed by atoms with Crippen LogP contribution in [0.2, 0.25) is 0 Å². The first-order valence-electron chi connectivity index (χ1n) is 6.47. The van der Waals surface area contributed by atoms with Crippen LogP contribution in [0, 0.1) is 17.2 Å². The van der Waals surface area contributed by atoms with E-state index in [1.165, 1.54) is 6.07 Å². The van der Waals surface area contributed by atoms with Crippen LogP contribution in [-0.4, -0.2) is 26.8 Å². The molecule has 1 aliphatic carbocycles. The number of rotatable bonds is 5. The molecule has 19 heavy (non-hydrogen) atoms. The van der Waals surface area contributed by atoms with Gasteiger partial charge in [0.1, 0.15) is 0 Å². The fourth-order valence-electron chi connectivity index (χ4n) is 2.34. The van der Waals surface area contributed by atoms with Crippen molar-refractivity contribution in [3.63, 3.8) is 0 Å². The van der Waals surface area contributed by atoms with E-state index in [0.29, 0.717) is 18.2 Å². The molecule has 5 heteroatoms. The molecule has 0 saturated heterocycles. The van der Waals surface area contributed by atoms with Crippen LogP contribution >= 0.6 is 0 Å². The van der Waals surface area contributed by atoms with Gasteiger partial charge in [-0.1, -0.05) is 13.0 Å². The number of sulfone groups is 1. The summed E-state index contributed by atoms with van der Waals surface area (Å²) in [6.07, 6.45) is 2.26. The normalized spacial score (nSPS) is 22.5. The van der Waals surface area contributed by atoms with Crippen LogP contribution in [-0.2, 0) is 9.84 Å². The molecule has 0 bridgehead atoms. The molecule has 1 fully saturated rings. The Balaban J connectivity index is 1.92. The Hall–Kier alpha value is -1.38.